The molecular formula is C18H16O5. The summed E-state index contributed by atoms with van der Waals surface area (Å²) in [6, 6.07) is 9.91. The smallest absolute Gasteiger partial charge is 0.196 e. The molecular weight excluding hydrogens is 296 g/mol. The molecule has 0 fully saturated rings. The molecule has 2 aromatic carbocycles. The fourth-order valence-corrected chi connectivity index (χ4v) is 2.48. The van der Waals surface area contributed by atoms with Gasteiger partial charge in [0, 0.05) is 24.1 Å². The van der Waals surface area contributed by atoms with Gasteiger partial charge in [-0.15, -0.1) is 0 Å². The minimum atomic E-state index is -0.121. The third kappa shape index (κ3) is 2.85. The zero-order valence-corrected chi connectivity index (χ0v) is 12.8. The molecule has 0 bridgehead atoms. The first kappa shape index (κ1) is 15.0. The van der Waals surface area contributed by atoms with Crippen molar-refractivity contribution in [3.8, 4) is 17.2 Å². The predicted octanol–water partition coefficient (Wildman–Crippen LogP) is 3.11. The van der Waals surface area contributed by atoms with Gasteiger partial charge in [0.15, 0.2) is 5.43 Å². The summed E-state index contributed by atoms with van der Waals surface area (Å²) in [4.78, 5) is 12.6. The molecule has 0 atom stereocenters. The van der Waals surface area contributed by atoms with Gasteiger partial charge in [0.25, 0.3) is 0 Å². The average molecular weight is 312 g/mol. The van der Waals surface area contributed by atoms with Gasteiger partial charge in [-0.05, 0) is 23.8 Å². The van der Waals surface area contributed by atoms with Crippen molar-refractivity contribution in [3.05, 3.63) is 64.0 Å². The van der Waals surface area contributed by atoms with Gasteiger partial charge in [0.2, 0.25) is 0 Å². The van der Waals surface area contributed by atoms with E-state index in [4.69, 9.17) is 13.9 Å². The van der Waals surface area contributed by atoms with Crippen molar-refractivity contribution in [2.24, 2.45) is 0 Å². The predicted molar refractivity (Wildman–Crippen MR) is 86.5 cm³/mol. The van der Waals surface area contributed by atoms with Gasteiger partial charge < -0.3 is 19.0 Å². The van der Waals surface area contributed by atoms with Crippen LogP contribution in [0.25, 0.3) is 11.0 Å². The molecule has 0 saturated heterocycles. The molecule has 5 heteroatoms. The quantitative estimate of drug-likeness (QED) is 0.801. The SMILES string of the molecule is COc1ccc(Cc2coc3cc(O)ccc3c2=O)c(OC)c1. The van der Waals surface area contributed by atoms with Gasteiger partial charge in [0.05, 0.1) is 25.9 Å². The van der Waals surface area contributed by atoms with Crippen LogP contribution in [0.4, 0.5) is 0 Å². The van der Waals surface area contributed by atoms with Gasteiger partial charge >= 0.3 is 0 Å². The molecule has 1 heterocycles. The maximum atomic E-state index is 12.6. The minimum Gasteiger partial charge on any atom is -0.508 e. The molecule has 0 aliphatic rings. The standard InChI is InChI=1S/C18H16O5/c1-21-14-5-3-11(16(9-14)22-2)7-12-10-23-17-8-13(19)4-6-15(17)18(12)20/h3-6,8-10,19H,7H2,1-2H3. The van der Waals surface area contributed by atoms with Crippen LogP contribution < -0.4 is 14.9 Å². The monoisotopic (exact) mass is 312 g/mol. The van der Waals surface area contributed by atoms with E-state index in [2.05, 4.69) is 0 Å². The van der Waals surface area contributed by atoms with Crippen molar-refractivity contribution in [2.45, 2.75) is 6.42 Å². The number of hydrogen-bond acceptors (Lipinski definition) is 5. The molecule has 0 spiro atoms. The van der Waals surface area contributed by atoms with Gasteiger partial charge in [-0.2, -0.15) is 0 Å². The first-order chi connectivity index (χ1) is 11.1. The number of methoxy groups -OCH3 is 2. The molecule has 0 aliphatic heterocycles. The van der Waals surface area contributed by atoms with Crippen molar-refractivity contribution in [2.75, 3.05) is 14.2 Å². The fourth-order valence-electron chi connectivity index (χ4n) is 2.48. The van der Waals surface area contributed by atoms with Crippen LogP contribution in [-0.4, -0.2) is 19.3 Å². The molecule has 23 heavy (non-hydrogen) atoms. The molecule has 0 amide bonds. The third-order valence-electron chi connectivity index (χ3n) is 3.70. The number of aromatic hydroxyl groups is 1. The normalized spacial score (nSPS) is 10.7. The van der Waals surface area contributed by atoms with Gasteiger partial charge in [-0.3, -0.25) is 4.79 Å². The first-order valence-electron chi connectivity index (χ1n) is 7.06. The molecule has 0 radical (unpaired) electrons. The molecule has 1 aromatic heterocycles. The van der Waals surface area contributed by atoms with Crippen molar-refractivity contribution < 1.29 is 19.0 Å². The molecule has 5 nitrogen and oxygen atoms in total. The summed E-state index contributed by atoms with van der Waals surface area (Å²) in [5.41, 5.74) is 1.62. The highest BCUT2D eigenvalue weighted by Gasteiger charge is 2.12. The number of phenolic OH excluding ortho intramolecular Hbond substituents is 1. The van der Waals surface area contributed by atoms with Crippen LogP contribution in [0.15, 0.2) is 51.9 Å². The Kier molecular flexibility index (Phi) is 3.93. The van der Waals surface area contributed by atoms with E-state index >= 15 is 0 Å². The van der Waals surface area contributed by atoms with E-state index in [9.17, 15) is 9.90 Å². The Bertz CT molecular complexity index is 911. The number of ether oxygens (including phenoxy) is 2. The maximum absolute atomic E-state index is 12.6. The number of rotatable bonds is 4. The molecule has 0 saturated carbocycles. The Balaban J connectivity index is 2.04. The van der Waals surface area contributed by atoms with Crippen LogP contribution in [0.3, 0.4) is 0 Å². The summed E-state index contributed by atoms with van der Waals surface area (Å²) in [5, 5.41) is 9.89. The van der Waals surface area contributed by atoms with Crippen LogP contribution in [0.1, 0.15) is 11.1 Å². The Morgan fingerprint density at radius 1 is 1.04 bits per heavy atom. The van der Waals surface area contributed by atoms with Gasteiger partial charge in [-0.25, -0.2) is 0 Å². The molecule has 0 aliphatic carbocycles. The van der Waals surface area contributed by atoms with E-state index in [0.717, 1.165) is 5.56 Å². The lowest BCUT2D eigenvalue weighted by atomic mass is 10.0. The summed E-state index contributed by atoms with van der Waals surface area (Å²) in [6.07, 6.45) is 1.81. The summed E-state index contributed by atoms with van der Waals surface area (Å²) in [7, 11) is 3.16. The Morgan fingerprint density at radius 2 is 1.87 bits per heavy atom. The lowest BCUT2D eigenvalue weighted by Crippen LogP contribution is -2.09. The Labute approximate surface area is 132 Å². The van der Waals surface area contributed by atoms with Crippen molar-refractivity contribution in [1.82, 2.24) is 0 Å². The van der Waals surface area contributed by atoms with E-state index in [1.165, 1.54) is 18.4 Å². The third-order valence-corrected chi connectivity index (χ3v) is 3.70. The van der Waals surface area contributed by atoms with E-state index in [1.807, 2.05) is 12.1 Å². The highest BCUT2D eigenvalue weighted by Crippen LogP contribution is 2.26. The summed E-state index contributed by atoms with van der Waals surface area (Å²) < 4.78 is 16.0. The number of phenols is 1. The largest absolute Gasteiger partial charge is 0.508 e. The van der Waals surface area contributed by atoms with E-state index in [0.29, 0.717) is 34.5 Å². The lowest BCUT2D eigenvalue weighted by molar-refractivity contribution is 0.391. The average Bonchev–Trinajstić information content (AvgIpc) is 2.57. The highest BCUT2D eigenvalue weighted by atomic mass is 16.5. The van der Waals surface area contributed by atoms with E-state index in [1.54, 1.807) is 26.4 Å². The lowest BCUT2D eigenvalue weighted by Gasteiger charge is -2.10. The number of benzene rings is 2. The van der Waals surface area contributed by atoms with E-state index in [-0.39, 0.29) is 11.2 Å². The second-order valence-corrected chi connectivity index (χ2v) is 5.13. The minimum absolute atomic E-state index is 0.0604. The zero-order valence-electron chi connectivity index (χ0n) is 12.8. The number of hydrogen-bond donors (Lipinski definition) is 1. The van der Waals surface area contributed by atoms with Crippen LogP contribution in [0, 0.1) is 0 Å². The second-order valence-electron chi connectivity index (χ2n) is 5.13. The molecule has 3 rings (SSSR count). The Hall–Kier alpha value is -2.95. The second kappa shape index (κ2) is 6.04. The van der Waals surface area contributed by atoms with Crippen LogP contribution >= 0.6 is 0 Å². The first-order valence-corrected chi connectivity index (χ1v) is 7.06. The van der Waals surface area contributed by atoms with Gasteiger partial charge in [-0.1, -0.05) is 6.07 Å². The maximum Gasteiger partial charge on any atom is 0.196 e. The van der Waals surface area contributed by atoms with Gasteiger partial charge in [0.1, 0.15) is 22.8 Å². The Morgan fingerprint density at radius 3 is 2.61 bits per heavy atom. The molecule has 1 N–H and O–H groups in total. The van der Waals surface area contributed by atoms with Crippen LogP contribution in [0.2, 0.25) is 0 Å². The molecule has 0 unspecified atom stereocenters. The number of fused-ring (bicyclic) bond motifs is 1. The summed E-state index contributed by atoms with van der Waals surface area (Å²) >= 11 is 0. The van der Waals surface area contributed by atoms with Crippen LogP contribution in [0.5, 0.6) is 17.2 Å². The van der Waals surface area contributed by atoms with Crippen LogP contribution in [-0.2, 0) is 6.42 Å². The summed E-state index contributed by atoms with van der Waals surface area (Å²) in [5.74, 6) is 1.39. The van der Waals surface area contributed by atoms with Crippen molar-refractivity contribution in [3.63, 3.8) is 0 Å². The zero-order chi connectivity index (χ0) is 16.4. The van der Waals surface area contributed by atoms with Crippen molar-refractivity contribution in [1.29, 1.82) is 0 Å². The molecule has 118 valence electrons. The highest BCUT2D eigenvalue weighted by molar-refractivity contribution is 5.78. The van der Waals surface area contributed by atoms with Crippen molar-refractivity contribution >= 4 is 11.0 Å². The summed E-state index contributed by atoms with van der Waals surface area (Å²) in [6.45, 7) is 0. The fraction of sp³-hybridized carbons (Fsp3) is 0.167. The topological polar surface area (TPSA) is 68.9 Å². The molecule has 3 aromatic rings. The van der Waals surface area contributed by atoms with E-state index < -0.39 is 0 Å².